The highest BCUT2D eigenvalue weighted by Crippen LogP contribution is 2.23. The molecule has 30 heavy (non-hydrogen) atoms. The number of nitriles is 1. The minimum atomic E-state index is -2.02. The average molecular weight is 418 g/mol. The molecule has 0 saturated carbocycles. The fraction of sp³-hybridized carbons (Fsp3) is 0.200. The Morgan fingerprint density at radius 3 is 2.33 bits per heavy atom. The number of hydrogen-bond acceptors (Lipinski definition) is 3. The Balaban J connectivity index is 1.63. The second-order valence-electron chi connectivity index (χ2n) is 7.37. The molecular weight excluding hydrogens is 394 g/mol. The Bertz CT molecular complexity index is 1100. The smallest absolute Gasteiger partial charge is 0.186 e. The number of Topliss-reactive ketones (excluding diaryl/α,β-unsaturated/α-hetero) is 1. The van der Waals surface area contributed by atoms with Gasteiger partial charge in [-0.15, -0.1) is 0 Å². The topological polar surface area (TPSA) is 78.2 Å². The van der Waals surface area contributed by atoms with Crippen molar-refractivity contribution in [3.8, 4) is 17.2 Å². The minimum Gasteiger partial charge on any atom is -0.302 e. The van der Waals surface area contributed by atoms with Crippen molar-refractivity contribution >= 4 is 16.9 Å². The van der Waals surface area contributed by atoms with E-state index in [2.05, 4.69) is 6.07 Å². The van der Waals surface area contributed by atoms with Crippen LogP contribution in [0.15, 0.2) is 77.7 Å². The van der Waals surface area contributed by atoms with Gasteiger partial charge in [0.15, 0.2) is 11.1 Å². The van der Waals surface area contributed by atoms with Gasteiger partial charge < -0.3 is 4.55 Å². The number of aryl methyl sites for hydroxylation is 1. The Morgan fingerprint density at radius 1 is 1.00 bits per heavy atom. The molecule has 2 unspecified atom stereocenters. The summed E-state index contributed by atoms with van der Waals surface area (Å²) in [6.07, 6.45) is 1.91. The van der Waals surface area contributed by atoms with E-state index in [-0.39, 0.29) is 11.7 Å². The predicted molar refractivity (Wildman–Crippen MR) is 118 cm³/mol. The molecule has 0 spiro atoms. The number of nitrogens with zero attached hydrogens (tertiary/aromatic N) is 1. The van der Waals surface area contributed by atoms with Crippen LogP contribution in [0.4, 0.5) is 0 Å². The zero-order chi connectivity index (χ0) is 21.5. The van der Waals surface area contributed by atoms with Crippen molar-refractivity contribution < 1.29 is 13.6 Å². The van der Waals surface area contributed by atoms with Crippen LogP contribution in [-0.2, 0) is 28.7 Å². The SMILES string of the molecule is CC(CCc1ccc(C#N)cc1)C(=O)Cc1cccc(-c2cccc(S(=O)O)c2)c1. The highest BCUT2D eigenvalue weighted by atomic mass is 32.2. The van der Waals surface area contributed by atoms with Gasteiger partial charge in [0.25, 0.3) is 0 Å². The lowest BCUT2D eigenvalue weighted by Crippen LogP contribution is -2.14. The molecule has 0 fully saturated rings. The van der Waals surface area contributed by atoms with Crippen LogP contribution >= 0.6 is 0 Å². The number of rotatable bonds is 8. The van der Waals surface area contributed by atoms with Gasteiger partial charge in [0, 0.05) is 12.3 Å². The summed E-state index contributed by atoms with van der Waals surface area (Å²) in [4.78, 5) is 13.1. The number of carbonyl (C=O) groups excluding carboxylic acids is 1. The maximum atomic E-state index is 12.7. The van der Waals surface area contributed by atoms with Crippen LogP contribution < -0.4 is 0 Å². The van der Waals surface area contributed by atoms with E-state index < -0.39 is 11.1 Å². The largest absolute Gasteiger partial charge is 0.302 e. The first-order valence-electron chi connectivity index (χ1n) is 9.78. The van der Waals surface area contributed by atoms with Gasteiger partial charge in [-0.1, -0.05) is 55.5 Å². The molecule has 0 radical (unpaired) electrons. The first kappa shape index (κ1) is 21.6. The maximum Gasteiger partial charge on any atom is 0.186 e. The number of hydrogen-bond donors (Lipinski definition) is 1. The summed E-state index contributed by atoms with van der Waals surface area (Å²) in [5.41, 5.74) is 4.45. The van der Waals surface area contributed by atoms with Gasteiger partial charge >= 0.3 is 0 Å². The zero-order valence-corrected chi connectivity index (χ0v) is 17.6. The summed E-state index contributed by atoms with van der Waals surface area (Å²) in [6, 6.07) is 24.3. The van der Waals surface area contributed by atoms with E-state index in [0.29, 0.717) is 16.9 Å². The Hall–Kier alpha value is -3.07. The Kier molecular flexibility index (Phi) is 7.29. The van der Waals surface area contributed by atoms with Crippen LogP contribution in [0.25, 0.3) is 11.1 Å². The van der Waals surface area contributed by atoms with E-state index in [4.69, 9.17) is 5.26 Å². The van der Waals surface area contributed by atoms with Crippen molar-refractivity contribution in [2.24, 2.45) is 5.92 Å². The summed E-state index contributed by atoms with van der Waals surface area (Å²) >= 11 is -2.02. The van der Waals surface area contributed by atoms with Gasteiger partial charge in [-0.2, -0.15) is 5.26 Å². The molecule has 0 aliphatic rings. The molecule has 0 aromatic heterocycles. The van der Waals surface area contributed by atoms with Crippen molar-refractivity contribution in [1.29, 1.82) is 5.26 Å². The van der Waals surface area contributed by atoms with E-state index >= 15 is 0 Å². The van der Waals surface area contributed by atoms with E-state index in [1.165, 1.54) is 0 Å². The fourth-order valence-electron chi connectivity index (χ4n) is 3.31. The van der Waals surface area contributed by atoms with Gasteiger partial charge in [-0.3, -0.25) is 4.79 Å². The molecule has 2 atom stereocenters. The van der Waals surface area contributed by atoms with Crippen molar-refractivity contribution in [3.63, 3.8) is 0 Å². The number of benzene rings is 3. The van der Waals surface area contributed by atoms with Crippen LogP contribution in [0.3, 0.4) is 0 Å². The molecule has 0 saturated heterocycles. The van der Waals surface area contributed by atoms with Gasteiger partial charge in [0.1, 0.15) is 5.78 Å². The number of ketones is 1. The average Bonchev–Trinajstić information content (AvgIpc) is 2.78. The highest BCUT2D eigenvalue weighted by Gasteiger charge is 2.14. The molecule has 152 valence electrons. The number of carbonyl (C=O) groups is 1. The summed E-state index contributed by atoms with van der Waals surface area (Å²) in [5, 5.41) is 8.87. The van der Waals surface area contributed by atoms with E-state index in [0.717, 1.165) is 35.1 Å². The van der Waals surface area contributed by atoms with E-state index in [9.17, 15) is 13.6 Å². The maximum absolute atomic E-state index is 12.7. The first-order valence-corrected chi connectivity index (χ1v) is 10.9. The van der Waals surface area contributed by atoms with Gasteiger partial charge in [-0.25, -0.2) is 4.21 Å². The van der Waals surface area contributed by atoms with Gasteiger partial charge in [0.2, 0.25) is 0 Å². The molecule has 0 bridgehead atoms. The third-order valence-corrected chi connectivity index (χ3v) is 5.83. The molecule has 0 aliphatic carbocycles. The molecule has 3 aromatic carbocycles. The van der Waals surface area contributed by atoms with Crippen LogP contribution in [0.1, 0.15) is 30.0 Å². The van der Waals surface area contributed by atoms with Gasteiger partial charge in [-0.05, 0) is 59.4 Å². The Morgan fingerprint density at radius 2 is 1.67 bits per heavy atom. The molecule has 3 aromatic rings. The minimum absolute atomic E-state index is 0.0653. The van der Waals surface area contributed by atoms with Crippen molar-refractivity contribution in [2.75, 3.05) is 0 Å². The molecule has 5 heteroatoms. The first-order chi connectivity index (χ1) is 14.5. The quantitative estimate of drug-likeness (QED) is 0.512. The highest BCUT2D eigenvalue weighted by molar-refractivity contribution is 7.79. The molecule has 3 rings (SSSR count). The summed E-state index contributed by atoms with van der Waals surface area (Å²) < 4.78 is 20.6. The summed E-state index contributed by atoms with van der Waals surface area (Å²) in [5.74, 6) is 0.121. The van der Waals surface area contributed by atoms with Crippen LogP contribution in [0.5, 0.6) is 0 Å². The van der Waals surface area contributed by atoms with Crippen LogP contribution in [0, 0.1) is 17.2 Å². The summed E-state index contributed by atoms with van der Waals surface area (Å²) in [6.45, 7) is 1.95. The third-order valence-electron chi connectivity index (χ3n) is 5.17. The standard InChI is InChI=1S/C25H23NO3S/c1-18(8-9-19-10-12-20(17-26)13-11-19)25(27)15-21-4-2-5-22(14-21)23-6-3-7-24(16-23)30(28)29/h2-7,10-14,16,18H,8-9,15H2,1H3,(H,28,29). The zero-order valence-electron chi connectivity index (χ0n) is 16.7. The lowest BCUT2D eigenvalue weighted by atomic mass is 9.92. The lowest BCUT2D eigenvalue weighted by molar-refractivity contribution is -0.121. The van der Waals surface area contributed by atoms with E-state index in [1.807, 2.05) is 49.4 Å². The second kappa shape index (κ2) is 10.1. The van der Waals surface area contributed by atoms with Crippen molar-refractivity contribution in [1.82, 2.24) is 0 Å². The monoisotopic (exact) mass is 417 g/mol. The second-order valence-corrected chi connectivity index (χ2v) is 8.34. The third kappa shape index (κ3) is 5.73. The fourth-order valence-corrected chi connectivity index (χ4v) is 3.73. The Labute approximate surface area is 179 Å². The van der Waals surface area contributed by atoms with Crippen molar-refractivity contribution in [3.05, 3.63) is 89.5 Å². The normalized spacial score (nSPS) is 12.7. The molecule has 0 amide bonds. The van der Waals surface area contributed by atoms with Crippen LogP contribution in [-0.4, -0.2) is 14.5 Å². The van der Waals surface area contributed by atoms with Gasteiger partial charge in [0.05, 0.1) is 16.5 Å². The molecule has 1 N–H and O–H groups in total. The summed E-state index contributed by atoms with van der Waals surface area (Å²) in [7, 11) is 0. The van der Waals surface area contributed by atoms with E-state index in [1.54, 1.807) is 30.3 Å². The predicted octanol–water partition coefficient (Wildman–Crippen LogP) is 5.19. The lowest BCUT2D eigenvalue weighted by Gasteiger charge is -2.12. The molecule has 0 heterocycles. The van der Waals surface area contributed by atoms with Crippen LogP contribution in [0.2, 0.25) is 0 Å². The molecule has 0 aliphatic heterocycles. The molecule has 4 nitrogen and oxygen atoms in total. The molecular formula is C25H23NO3S. The van der Waals surface area contributed by atoms with Crippen molar-refractivity contribution in [2.45, 2.75) is 31.1 Å².